The lowest BCUT2D eigenvalue weighted by atomic mass is 10.2. The summed E-state index contributed by atoms with van der Waals surface area (Å²) in [7, 11) is 0. The number of halogens is 8. The smallest absolute Gasteiger partial charge is 0.293 e. The fraction of sp³-hybridized carbons (Fsp3) is 0.316. The molecule has 0 aliphatic heterocycles. The molecule has 176 valence electrons. The van der Waals surface area contributed by atoms with Crippen LogP contribution in [-0.4, -0.2) is 42.0 Å². The highest BCUT2D eigenvalue weighted by atomic mass is 32.2. The summed E-state index contributed by atoms with van der Waals surface area (Å²) >= 11 is 1.22. The number of pyridine rings is 2. The molecule has 5 nitrogen and oxygen atoms in total. The van der Waals surface area contributed by atoms with Gasteiger partial charge in [0.2, 0.25) is 0 Å². The van der Waals surface area contributed by atoms with Gasteiger partial charge in [0.1, 0.15) is 22.9 Å². The second kappa shape index (κ2) is 7.85. The van der Waals surface area contributed by atoms with Crippen LogP contribution in [-0.2, 0) is 12.7 Å². The standard InChI is InChI=1S/C19H13F8N5S/c1-2-33-16-15(30-14-4-3-11(8-31(14)16)18(22,23)24)12-5-10-6-29-32(13(10)7-28-12)9-17(20,21)19(25,26)27/h3-8H,2,9H2,1H3. The van der Waals surface area contributed by atoms with E-state index in [1.807, 2.05) is 0 Å². The van der Waals surface area contributed by atoms with Crippen molar-refractivity contribution in [2.45, 2.75) is 36.8 Å². The molecule has 4 rings (SSSR count). The first-order valence-electron chi connectivity index (χ1n) is 9.30. The first kappa shape index (κ1) is 23.3. The van der Waals surface area contributed by atoms with Crippen molar-refractivity contribution in [3.8, 4) is 11.4 Å². The average molecular weight is 495 g/mol. The molecule has 14 heteroatoms. The molecular weight excluding hydrogens is 482 g/mol. The number of nitrogens with zero attached hydrogens (tertiary/aromatic N) is 5. The van der Waals surface area contributed by atoms with Crippen molar-refractivity contribution in [2.24, 2.45) is 0 Å². The van der Waals surface area contributed by atoms with E-state index in [4.69, 9.17) is 0 Å². The minimum Gasteiger partial charge on any atom is -0.293 e. The van der Waals surface area contributed by atoms with Crippen molar-refractivity contribution < 1.29 is 35.1 Å². The number of hydrogen-bond acceptors (Lipinski definition) is 4. The van der Waals surface area contributed by atoms with Gasteiger partial charge in [0.25, 0.3) is 0 Å². The molecule has 0 aromatic carbocycles. The number of thioether (sulfide) groups is 1. The Kier molecular flexibility index (Phi) is 5.53. The molecule has 0 aliphatic rings. The van der Waals surface area contributed by atoms with Crippen LogP contribution in [0.4, 0.5) is 35.1 Å². The van der Waals surface area contributed by atoms with E-state index in [-0.39, 0.29) is 27.9 Å². The number of rotatable bonds is 5. The summed E-state index contributed by atoms with van der Waals surface area (Å²) in [4.78, 5) is 8.46. The van der Waals surface area contributed by atoms with Crippen molar-refractivity contribution in [1.82, 2.24) is 24.1 Å². The van der Waals surface area contributed by atoms with Crippen LogP contribution in [0.3, 0.4) is 0 Å². The zero-order chi connectivity index (χ0) is 24.2. The van der Waals surface area contributed by atoms with Gasteiger partial charge in [0.15, 0.2) is 0 Å². The topological polar surface area (TPSA) is 48.0 Å². The molecule has 0 saturated carbocycles. The molecule has 0 amide bonds. The highest BCUT2D eigenvalue weighted by Crippen LogP contribution is 2.38. The van der Waals surface area contributed by atoms with Crippen LogP contribution >= 0.6 is 11.8 Å². The van der Waals surface area contributed by atoms with Gasteiger partial charge in [-0.2, -0.15) is 40.2 Å². The van der Waals surface area contributed by atoms with Crippen molar-refractivity contribution in [3.05, 3.63) is 42.4 Å². The third-order valence-electron chi connectivity index (χ3n) is 4.72. The monoisotopic (exact) mass is 495 g/mol. The summed E-state index contributed by atoms with van der Waals surface area (Å²) in [5.74, 6) is -4.49. The molecule has 0 aliphatic carbocycles. The van der Waals surface area contributed by atoms with Gasteiger partial charge in [-0.05, 0) is 24.0 Å². The van der Waals surface area contributed by atoms with Gasteiger partial charge < -0.3 is 0 Å². The molecule has 0 saturated heterocycles. The van der Waals surface area contributed by atoms with E-state index < -0.39 is 30.4 Å². The Bertz CT molecular complexity index is 1320. The van der Waals surface area contributed by atoms with Crippen LogP contribution in [0.1, 0.15) is 12.5 Å². The molecule has 0 unspecified atom stereocenters. The Hall–Kier alpha value is -2.90. The van der Waals surface area contributed by atoms with Crippen molar-refractivity contribution in [3.63, 3.8) is 0 Å². The van der Waals surface area contributed by atoms with E-state index in [1.54, 1.807) is 6.92 Å². The molecule has 0 spiro atoms. The maximum absolute atomic E-state index is 13.4. The molecule has 0 fully saturated rings. The van der Waals surface area contributed by atoms with Gasteiger partial charge in [-0.25, -0.2) is 4.98 Å². The molecule has 4 heterocycles. The number of alkyl halides is 8. The Labute approximate surface area is 184 Å². The normalized spacial score (nSPS) is 13.4. The summed E-state index contributed by atoms with van der Waals surface area (Å²) in [5.41, 5.74) is -0.242. The molecule has 4 aromatic rings. The quantitative estimate of drug-likeness (QED) is 0.249. The van der Waals surface area contributed by atoms with Crippen molar-refractivity contribution in [1.29, 1.82) is 0 Å². The first-order valence-corrected chi connectivity index (χ1v) is 10.3. The zero-order valence-electron chi connectivity index (χ0n) is 16.5. The molecule has 0 N–H and O–H groups in total. The summed E-state index contributed by atoms with van der Waals surface area (Å²) in [6.07, 6.45) is -7.19. The van der Waals surface area contributed by atoms with Gasteiger partial charge in [0, 0.05) is 11.6 Å². The summed E-state index contributed by atoms with van der Waals surface area (Å²) in [6.45, 7) is 0.0788. The average Bonchev–Trinajstić information content (AvgIpc) is 3.27. The Morgan fingerprint density at radius 3 is 2.36 bits per heavy atom. The fourth-order valence-electron chi connectivity index (χ4n) is 3.14. The molecule has 33 heavy (non-hydrogen) atoms. The highest BCUT2D eigenvalue weighted by Gasteiger charge is 2.57. The van der Waals surface area contributed by atoms with Crippen molar-refractivity contribution in [2.75, 3.05) is 5.75 Å². The van der Waals surface area contributed by atoms with E-state index >= 15 is 0 Å². The second-order valence-corrected chi connectivity index (χ2v) is 8.23. The maximum atomic E-state index is 13.4. The summed E-state index contributed by atoms with van der Waals surface area (Å²) < 4.78 is 106. The Morgan fingerprint density at radius 2 is 1.73 bits per heavy atom. The van der Waals surface area contributed by atoms with Crippen LogP contribution in [0, 0.1) is 0 Å². The largest absolute Gasteiger partial charge is 0.455 e. The summed E-state index contributed by atoms with van der Waals surface area (Å²) in [6, 6.07) is 3.49. The lowest BCUT2D eigenvalue weighted by molar-refractivity contribution is -0.287. The highest BCUT2D eigenvalue weighted by molar-refractivity contribution is 7.99. The van der Waals surface area contributed by atoms with Crippen LogP contribution < -0.4 is 0 Å². The lowest BCUT2D eigenvalue weighted by Gasteiger charge is -2.19. The van der Waals surface area contributed by atoms with Gasteiger partial charge in [-0.3, -0.25) is 14.1 Å². The molecule has 4 aromatic heterocycles. The van der Waals surface area contributed by atoms with Crippen molar-refractivity contribution >= 4 is 28.3 Å². The minimum absolute atomic E-state index is 0.0597. The summed E-state index contributed by atoms with van der Waals surface area (Å²) in [5, 5.41) is 4.21. The van der Waals surface area contributed by atoms with Crippen LogP contribution in [0.5, 0.6) is 0 Å². The van der Waals surface area contributed by atoms with E-state index in [0.29, 0.717) is 15.5 Å². The fourth-order valence-corrected chi connectivity index (χ4v) is 3.99. The number of hydrogen-bond donors (Lipinski definition) is 0. The molecule has 0 radical (unpaired) electrons. The van der Waals surface area contributed by atoms with E-state index in [1.165, 1.54) is 28.3 Å². The van der Waals surface area contributed by atoms with E-state index in [0.717, 1.165) is 24.7 Å². The maximum Gasteiger partial charge on any atom is 0.455 e. The number of imidazole rings is 1. The van der Waals surface area contributed by atoms with Gasteiger partial charge >= 0.3 is 18.3 Å². The Morgan fingerprint density at radius 1 is 1.00 bits per heavy atom. The molecule has 0 bridgehead atoms. The van der Waals surface area contributed by atoms with Gasteiger partial charge in [-0.1, -0.05) is 6.92 Å². The zero-order valence-corrected chi connectivity index (χ0v) is 17.4. The molecular formula is C19H13F8N5S. The minimum atomic E-state index is -5.74. The van der Waals surface area contributed by atoms with E-state index in [9.17, 15) is 35.1 Å². The number of aromatic nitrogens is 5. The third-order valence-corrected chi connectivity index (χ3v) is 5.67. The predicted octanol–water partition coefficient (Wildman–Crippen LogP) is 6.07. The molecule has 0 atom stereocenters. The lowest BCUT2D eigenvalue weighted by Crippen LogP contribution is -2.40. The SMILES string of the molecule is CCSc1c(-c2cc3cnn(CC(F)(F)C(F)(F)F)c3cn2)nc2ccc(C(F)(F)F)cn12. The van der Waals surface area contributed by atoms with Crippen LogP contribution in [0.2, 0.25) is 0 Å². The number of fused-ring (bicyclic) bond motifs is 2. The first-order chi connectivity index (χ1) is 15.3. The Balaban J connectivity index is 1.79. The van der Waals surface area contributed by atoms with Crippen LogP contribution in [0.15, 0.2) is 41.8 Å². The second-order valence-electron chi connectivity index (χ2n) is 6.98. The van der Waals surface area contributed by atoms with Crippen LogP contribution in [0.25, 0.3) is 27.9 Å². The third kappa shape index (κ3) is 4.23. The predicted molar refractivity (Wildman–Crippen MR) is 104 cm³/mol. The van der Waals surface area contributed by atoms with Gasteiger partial charge in [-0.15, -0.1) is 11.8 Å². The van der Waals surface area contributed by atoms with Gasteiger partial charge in [0.05, 0.1) is 29.2 Å². The van der Waals surface area contributed by atoms with E-state index in [2.05, 4.69) is 15.1 Å².